The van der Waals surface area contributed by atoms with Crippen LogP contribution in [0.1, 0.15) is 22.6 Å². The Labute approximate surface area is 127 Å². The van der Waals surface area contributed by atoms with Gasteiger partial charge in [0, 0.05) is 6.07 Å². The SMILES string of the molecule is COc1cccc(OCc2cc(C(=O)N3CCCO3)n[nH]2)c1. The summed E-state index contributed by atoms with van der Waals surface area (Å²) in [4.78, 5) is 17.3. The highest BCUT2D eigenvalue weighted by atomic mass is 16.7. The van der Waals surface area contributed by atoms with Gasteiger partial charge in [-0.3, -0.25) is 14.7 Å². The average molecular weight is 303 g/mol. The summed E-state index contributed by atoms with van der Waals surface area (Å²) in [7, 11) is 1.60. The van der Waals surface area contributed by atoms with Gasteiger partial charge in [0.25, 0.3) is 5.91 Å². The minimum atomic E-state index is -0.235. The first kappa shape index (κ1) is 14.4. The van der Waals surface area contributed by atoms with Crippen LogP contribution in [0.5, 0.6) is 11.5 Å². The van der Waals surface area contributed by atoms with Crippen LogP contribution in [0, 0.1) is 0 Å². The minimum absolute atomic E-state index is 0.235. The van der Waals surface area contributed by atoms with E-state index in [0.717, 1.165) is 12.2 Å². The molecule has 0 unspecified atom stereocenters. The molecule has 2 aromatic rings. The predicted molar refractivity (Wildman–Crippen MR) is 77.5 cm³/mol. The molecule has 1 amide bonds. The summed E-state index contributed by atoms with van der Waals surface area (Å²) in [5.41, 5.74) is 1.04. The second-order valence-corrected chi connectivity index (χ2v) is 4.84. The van der Waals surface area contributed by atoms with Gasteiger partial charge < -0.3 is 9.47 Å². The monoisotopic (exact) mass is 303 g/mol. The standard InChI is InChI=1S/C15H17N3O4/c1-20-12-4-2-5-13(9-12)21-10-11-8-14(17-16-11)15(19)18-6-3-7-22-18/h2,4-5,8-9H,3,6-7,10H2,1H3,(H,16,17). The molecule has 0 radical (unpaired) electrons. The number of rotatable bonds is 5. The highest BCUT2D eigenvalue weighted by Gasteiger charge is 2.23. The number of nitrogens with one attached hydrogen (secondary N) is 1. The molecule has 0 bridgehead atoms. The Bertz CT molecular complexity index is 650. The number of hydroxylamine groups is 2. The van der Waals surface area contributed by atoms with Gasteiger partial charge in [-0.1, -0.05) is 6.07 Å². The lowest BCUT2D eigenvalue weighted by Crippen LogP contribution is -2.26. The van der Waals surface area contributed by atoms with E-state index in [-0.39, 0.29) is 12.5 Å². The summed E-state index contributed by atoms with van der Waals surface area (Å²) < 4.78 is 10.8. The molecule has 2 heterocycles. The van der Waals surface area contributed by atoms with Crippen molar-refractivity contribution in [2.24, 2.45) is 0 Å². The van der Waals surface area contributed by atoms with E-state index in [9.17, 15) is 4.79 Å². The number of aromatic amines is 1. The lowest BCUT2D eigenvalue weighted by atomic mass is 10.3. The van der Waals surface area contributed by atoms with Crippen LogP contribution in [0.2, 0.25) is 0 Å². The third kappa shape index (κ3) is 3.20. The molecule has 1 aliphatic rings. The van der Waals surface area contributed by atoms with Crippen molar-refractivity contribution < 1.29 is 19.1 Å². The van der Waals surface area contributed by atoms with Crippen LogP contribution >= 0.6 is 0 Å². The van der Waals surface area contributed by atoms with Gasteiger partial charge in [0.1, 0.15) is 18.1 Å². The van der Waals surface area contributed by atoms with E-state index >= 15 is 0 Å². The molecule has 116 valence electrons. The van der Waals surface area contributed by atoms with E-state index in [2.05, 4.69) is 10.2 Å². The van der Waals surface area contributed by atoms with Crippen LogP contribution in [0.15, 0.2) is 30.3 Å². The third-order valence-electron chi connectivity index (χ3n) is 3.26. The molecule has 1 aromatic carbocycles. The van der Waals surface area contributed by atoms with Gasteiger partial charge in [0.2, 0.25) is 0 Å². The lowest BCUT2D eigenvalue weighted by Gasteiger charge is -2.11. The van der Waals surface area contributed by atoms with Crippen LogP contribution in [0.4, 0.5) is 0 Å². The molecule has 3 rings (SSSR count). The Morgan fingerprint density at radius 2 is 2.27 bits per heavy atom. The summed E-state index contributed by atoms with van der Waals surface area (Å²) in [6.07, 6.45) is 0.849. The Kier molecular flexibility index (Phi) is 4.24. The van der Waals surface area contributed by atoms with Gasteiger partial charge in [-0.05, 0) is 24.6 Å². The fourth-order valence-electron chi connectivity index (χ4n) is 2.13. The number of carbonyl (C=O) groups is 1. The first-order valence-electron chi connectivity index (χ1n) is 7.02. The summed E-state index contributed by atoms with van der Waals surface area (Å²) in [6, 6.07) is 8.99. The third-order valence-corrected chi connectivity index (χ3v) is 3.26. The van der Waals surface area contributed by atoms with Gasteiger partial charge in [-0.25, -0.2) is 5.06 Å². The molecule has 0 spiro atoms. The summed E-state index contributed by atoms with van der Waals surface area (Å²) in [5, 5.41) is 8.14. The number of hydrogen-bond donors (Lipinski definition) is 1. The summed E-state index contributed by atoms with van der Waals surface area (Å²) in [6.45, 7) is 1.46. The maximum Gasteiger partial charge on any atom is 0.297 e. The smallest absolute Gasteiger partial charge is 0.297 e. The van der Waals surface area contributed by atoms with Crippen LogP contribution < -0.4 is 9.47 Å². The molecule has 0 atom stereocenters. The minimum Gasteiger partial charge on any atom is -0.497 e. The average Bonchev–Trinajstić information content (AvgIpc) is 3.24. The summed E-state index contributed by atoms with van der Waals surface area (Å²) >= 11 is 0. The van der Waals surface area contributed by atoms with Crippen LogP contribution in [0.3, 0.4) is 0 Å². The molecule has 1 fully saturated rings. The molecule has 0 aliphatic carbocycles. The topological polar surface area (TPSA) is 76.7 Å². The number of ether oxygens (including phenoxy) is 2. The lowest BCUT2D eigenvalue weighted by molar-refractivity contribution is -0.0771. The van der Waals surface area contributed by atoms with Crippen molar-refractivity contribution in [1.29, 1.82) is 0 Å². The first-order chi connectivity index (χ1) is 10.8. The van der Waals surface area contributed by atoms with Crippen molar-refractivity contribution in [3.63, 3.8) is 0 Å². The molecule has 1 aliphatic heterocycles. The Hall–Kier alpha value is -2.54. The second kappa shape index (κ2) is 6.48. The highest BCUT2D eigenvalue weighted by molar-refractivity contribution is 5.91. The number of benzene rings is 1. The second-order valence-electron chi connectivity index (χ2n) is 4.84. The maximum absolute atomic E-state index is 12.1. The highest BCUT2D eigenvalue weighted by Crippen LogP contribution is 2.20. The number of H-pyrrole nitrogens is 1. The zero-order valence-electron chi connectivity index (χ0n) is 12.2. The van der Waals surface area contributed by atoms with E-state index in [1.54, 1.807) is 19.2 Å². The van der Waals surface area contributed by atoms with E-state index in [1.165, 1.54) is 5.06 Å². The number of hydrogen-bond acceptors (Lipinski definition) is 5. The van der Waals surface area contributed by atoms with E-state index in [1.807, 2.05) is 18.2 Å². The van der Waals surface area contributed by atoms with Crippen molar-refractivity contribution in [1.82, 2.24) is 15.3 Å². The number of carbonyl (C=O) groups excluding carboxylic acids is 1. The van der Waals surface area contributed by atoms with Gasteiger partial charge in [0.15, 0.2) is 5.69 Å². The Morgan fingerprint density at radius 1 is 1.41 bits per heavy atom. The molecule has 22 heavy (non-hydrogen) atoms. The number of amides is 1. The molecular weight excluding hydrogens is 286 g/mol. The zero-order chi connectivity index (χ0) is 15.4. The first-order valence-corrected chi connectivity index (χ1v) is 7.02. The Morgan fingerprint density at radius 3 is 3.05 bits per heavy atom. The molecule has 1 saturated heterocycles. The van der Waals surface area contributed by atoms with E-state index < -0.39 is 0 Å². The quantitative estimate of drug-likeness (QED) is 0.911. The Balaban J connectivity index is 1.60. The molecule has 7 heteroatoms. The van der Waals surface area contributed by atoms with Crippen molar-refractivity contribution in [2.45, 2.75) is 13.0 Å². The van der Waals surface area contributed by atoms with Gasteiger partial charge >= 0.3 is 0 Å². The van der Waals surface area contributed by atoms with Crippen LogP contribution in [-0.4, -0.2) is 41.4 Å². The zero-order valence-corrected chi connectivity index (χ0v) is 12.2. The fourth-order valence-corrected chi connectivity index (χ4v) is 2.13. The largest absolute Gasteiger partial charge is 0.497 e. The van der Waals surface area contributed by atoms with Crippen molar-refractivity contribution in [3.05, 3.63) is 41.7 Å². The van der Waals surface area contributed by atoms with Crippen molar-refractivity contribution in [2.75, 3.05) is 20.3 Å². The normalized spacial score (nSPS) is 14.1. The maximum atomic E-state index is 12.1. The number of aromatic nitrogens is 2. The van der Waals surface area contributed by atoms with Crippen LogP contribution in [-0.2, 0) is 11.4 Å². The van der Waals surface area contributed by atoms with Crippen LogP contribution in [0.25, 0.3) is 0 Å². The van der Waals surface area contributed by atoms with Crippen molar-refractivity contribution >= 4 is 5.91 Å². The van der Waals surface area contributed by atoms with Gasteiger partial charge in [0.05, 0.1) is 26.0 Å². The fraction of sp³-hybridized carbons (Fsp3) is 0.333. The van der Waals surface area contributed by atoms with Gasteiger partial charge in [-0.2, -0.15) is 5.10 Å². The predicted octanol–water partition coefficient (Wildman–Crippen LogP) is 1.77. The van der Waals surface area contributed by atoms with Gasteiger partial charge in [-0.15, -0.1) is 0 Å². The molecular formula is C15H17N3O4. The molecule has 7 nitrogen and oxygen atoms in total. The number of nitrogens with zero attached hydrogens (tertiary/aromatic N) is 2. The number of methoxy groups -OCH3 is 1. The summed E-state index contributed by atoms with van der Waals surface area (Å²) in [5.74, 6) is 1.18. The van der Waals surface area contributed by atoms with E-state index in [4.69, 9.17) is 14.3 Å². The molecule has 1 aromatic heterocycles. The molecule has 1 N–H and O–H groups in total. The van der Waals surface area contributed by atoms with E-state index in [0.29, 0.717) is 30.3 Å². The molecule has 0 saturated carbocycles. The van der Waals surface area contributed by atoms with Crippen molar-refractivity contribution in [3.8, 4) is 11.5 Å².